The van der Waals surface area contributed by atoms with E-state index in [4.69, 9.17) is 4.74 Å². The zero-order chi connectivity index (χ0) is 19.1. The van der Waals surface area contributed by atoms with E-state index >= 15 is 0 Å². The lowest BCUT2D eigenvalue weighted by molar-refractivity contribution is -0.136. The molecule has 0 spiro atoms. The molecule has 0 radical (unpaired) electrons. The first-order valence-electron chi connectivity index (χ1n) is 9.04. The van der Waals surface area contributed by atoms with Crippen LogP contribution in [0.1, 0.15) is 51.1 Å². The summed E-state index contributed by atoms with van der Waals surface area (Å²) in [4.78, 5) is 31.7. The fraction of sp³-hybridized carbons (Fsp3) is 0.632. The van der Waals surface area contributed by atoms with Gasteiger partial charge in [-0.1, -0.05) is 17.9 Å². The molecule has 142 valence electrons. The Morgan fingerprint density at radius 3 is 2.58 bits per heavy atom. The molecule has 1 aromatic heterocycles. The van der Waals surface area contributed by atoms with Crippen LogP contribution in [0.25, 0.3) is 0 Å². The first-order valence-corrected chi connectivity index (χ1v) is 9.85. The van der Waals surface area contributed by atoms with Crippen molar-refractivity contribution in [3.8, 4) is 0 Å². The van der Waals surface area contributed by atoms with E-state index in [-0.39, 0.29) is 23.3 Å². The van der Waals surface area contributed by atoms with Crippen LogP contribution in [0.4, 0.5) is 5.13 Å². The van der Waals surface area contributed by atoms with E-state index in [2.05, 4.69) is 30.7 Å². The SMILES string of the molecule is C=CC(=O)N1CCC(C(=O)Nc2nc3c(s2)C(C)(C)OC(C)(C)C3)CC1. The van der Waals surface area contributed by atoms with Crippen LogP contribution in [0, 0.1) is 5.92 Å². The molecule has 6 nitrogen and oxygen atoms in total. The molecule has 0 bridgehead atoms. The van der Waals surface area contributed by atoms with E-state index in [0.29, 0.717) is 31.1 Å². The number of amides is 2. The maximum absolute atomic E-state index is 12.6. The van der Waals surface area contributed by atoms with E-state index < -0.39 is 5.60 Å². The molecule has 2 aliphatic heterocycles. The highest BCUT2D eigenvalue weighted by molar-refractivity contribution is 7.16. The van der Waals surface area contributed by atoms with Crippen LogP contribution in [0.5, 0.6) is 0 Å². The molecule has 2 aliphatic rings. The van der Waals surface area contributed by atoms with Crippen LogP contribution in [-0.4, -0.2) is 40.4 Å². The van der Waals surface area contributed by atoms with Gasteiger partial charge in [0.05, 0.1) is 21.8 Å². The van der Waals surface area contributed by atoms with E-state index in [1.165, 1.54) is 17.4 Å². The molecule has 1 aromatic rings. The van der Waals surface area contributed by atoms with Gasteiger partial charge in [-0.3, -0.25) is 9.59 Å². The van der Waals surface area contributed by atoms with E-state index in [9.17, 15) is 9.59 Å². The summed E-state index contributed by atoms with van der Waals surface area (Å²) in [5.74, 6) is -0.174. The fourth-order valence-corrected chi connectivity index (χ4v) is 4.89. The second kappa shape index (κ2) is 6.78. The van der Waals surface area contributed by atoms with Gasteiger partial charge in [0, 0.05) is 25.4 Å². The summed E-state index contributed by atoms with van der Waals surface area (Å²) in [5, 5.41) is 3.62. The number of anilines is 1. The highest BCUT2D eigenvalue weighted by Crippen LogP contribution is 2.43. The Balaban J connectivity index is 1.66. The molecule has 0 aromatic carbocycles. The molecule has 1 saturated heterocycles. The number of likely N-dealkylation sites (tertiary alicyclic amines) is 1. The number of ether oxygens (including phenoxy) is 1. The van der Waals surface area contributed by atoms with Gasteiger partial charge in [0.1, 0.15) is 0 Å². The summed E-state index contributed by atoms with van der Waals surface area (Å²) >= 11 is 1.50. The number of nitrogens with one attached hydrogen (secondary N) is 1. The maximum Gasteiger partial charge on any atom is 0.245 e. The predicted octanol–water partition coefficient (Wildman–Crippen LogP) is 3.09. The van der Waals surface area contributed by atoms with E-state index in [0.717, 1.165) is 17.0 Å². The van der Waals surface area contributed by atoms with Crippen molar-refractivity contribution in [2.45, 2.75) is 58.2 Å². The van der Waals surface area contributed by atoms with Crippen LogP contribution in [0.15, 0.2) is 12.7 Å². The van der Waals surface area contributed by atoms with Crippen molar-refractivity contribution >= 4 is 28.3 Å². The van der Waals surface area contributed by atoms with Crippen LogP contribution >= 0.6 is 11.3 Å². The molecule has 7 heteroatoms. The number of hydrogen-bond donors (Lipinski definition) is 1. The molecule has 3 rings (SSSR count). The molecule has 3 heterocycles. The Labute approximate surface area is 158 Å². The van der Waals surface area contributed by atoms with Crippen LogP contribution in [0.2, 0.25) is 0 Å². The first kappa shape index (κ1) is 19.0. The molecular weight excluding hydrogens is 350 g/mol. The molecule has 0 unspecified atom stereocenters. The second-order valence-corrected chi connectivity index (χ2v) is 9.14. The quantitative estimate of drug-likeness (QED) is 0.822. The van der Waals surface area contributed by atoms with Crippen LogP contribution in [0.3, 0.4) is 0 Å². The summed E-state index contributed by atoms with van der Waals surface area (Å²) in [7, 11) is 0. The fourth-order valence-electron chi connectivity index (χ4n) is 3.87. The number of fused-ring (bicyclic) bond motifs is 1. The molecule has 0 atom stereocenters. The predicted molar refractivity (Wildman–Crippen MR) is 102 cm³/mol. The van der Waals surface area contributed by atoms with E-state index in [1.54, 1.807) is 4.90 Å². The lowest BCUT2D eigenvalue weighted by Gasteiger charge is -2.40. The number of hydrogen-bond acceptors (Lipinski definition) is 5. The van der Waals surface area contributed by atoms with Crippen molar-refractivity contribution in [1.29, 1.82) is 0 Å². The lowest BCUT2D eigenvalue weighted by Crippen LogP contribution is -2.41. The minimum atomic E-state index is -0.409. The molecule has 26 heavy (non-hydrogen) atoms. The number of thiazole rings is 1. The number of aromatic nitrogens is 1. The van der Waals surface area contributed by atoms with Crippen LogP contribution < -0.4 is 5.32 Å². The van der Waals surface area contributed by atoms with Gasteiger partial charge in [-0.15, -0.1) is 0 Å². The molecule has 0 saturated carbocycles. The summed E-state index contributed by atoms with van der Waals surface area (Å²) in [6.45, 7) is 12.9. The normalized spacial score (nSPS) is 21.8. The van der Waals surface area contributed by atoms with Crippen molar-refractivity contribution < 1.29 is 14.3 Å². The molecule has 0 aliphatic carbocycles. The average molecular weight is 378 g/mol. The van der Waals surface area contributed by atoms with Gasteiger partial charge in [0.2, 0.25) is 11.8 Å². The van der Waals surface area contributed by atoms with Crippen molar-refractivity contribution in [3.05, 3.63) is 23.2 Å². The summed E-state index contributed by atoms with van der Waals surface area (Å²) in [6.07, 6.45) is 3.39. The van der Waals surface area contributed by atoms with E-state index in [1.807, 2.05) is 13.8 Å². The summed E-state index contributed by atoms with van der Waals surface area (Å²) < 4.78 is 6.18. The Bertz CT molecular complexity index is 730. The van der Waals surface area contributed by atoms with Gasteiger partial charge >= 0.3 is 0 Å². The third-order valence-corrected chi connectivity index (χ3v) is 6.27. The molecule has 1 fully saturated rings. The smallest absolute Gasteiger partial charge is 0.245 e. The number of rotatable bonds is 3. The second-order valence-electron chi connectivity index (χ2n) is 8.14. The van der Waals surface area contributed by atoms with Crippen molar-refractivity contribution in [3.63, 3.8) is 0 Å². The third kappa shape index (κ3) is 3.83. The monoisotopic (exact) mass is 377 g/mol. The Kier molecular flexibility index (Phi) is 4.96. The van der Waals surface area contributed by atoms with Gasteiger partial charge in [0.15, 0.2) is 5.13 Å². The zero-order valence-corrected chi connectivity index (χ0v) is 16.7. The Morgan fingerprint density at radius 1 is 1.31 bits per heavy atom. The Morgan fingerprint density at radius 2 is 1.96 bits per heavy atom. The van der Waals surface area contributed by atoms with Crippen molar-refractivity contribution in [2.24, 2.45) is 5.92 Å². The maximum atomic E-state index is 12.6. The highest BCUT2D eigenvalue weighted by atomic mass is 32.1. The van der Waals surface area contributed by atoms with Gasteiger partial charge in [-0.25, -0.2) is 4.98 Å². The highest BCUT2D eigenvalue weighted by Gasteiger charge is 2.41. The topological polar surface area (TPSA) is 71.5 Å². The minimum absolute atomic E-state index is 0.0141. The van der Waals surface area contributed by atoms with Gasteiger partial charge < -0.3 is 15.0 Å². The molecule has 1 N–H and O–H groups in total. The summed E-state index contributed by atoms with van der Waals surface area (Å²) in [6, 6.07) is 0. The number of piperidine rings is 1. The minimum Gasteiger partial charge on any atom is -0.364 e. The first-order chi connectivity index (χ1) is 12.1. The van der Waals surface area contributed by atoms with Gasteiger partial charge in [-0.05, 0) is 46.6 Å². The largest absolute Gasteiger partial charge is 0.364 e. The standard InChI is InChI=1S/C19H27N3O3S/c1-6-14(23)22-9-7-12(8-10-22)16(24)21-17-20-13-11-18(2,3)25-19(4,5)15(13)26-17/h6,12H,1,7-11H2,2-5H3,(H,20,21,24). The van der Waals surface area contributed by atoms with Crippen LogP contribution in [-0.2, 0) is 26.3 Å². The van der Waals surface area contributed by atoms with Crippen molar-refractivity contribution in [1.82, 2.24) is 9.88 Å². The zero-order valence-electron chi connectivity index (χ0n) is 15.9. The third-order valence-electron chi connectivity index (χ3n) is 4.95. The number of carbonyl (C=O) groups is 2. The van der Waals surface area contributed by atoms with Gasteiger partial charge in [-0.2, -0.15) is 0 Å². The lowest BCUT2D eigenvalue weighted by atomic mass is 9.91. The summed E-state index contributed by atoms with van der Waals surface area (Å²) in [5.41, 5.74) is 0.336. The van der Waals surface area contributed by atoms with Crippen molar-refractivity contribution in [2.75, 3.05) is 18.4 Å². The number of nitrogens with zero attached hydrogens (tertiary/aromatic N) is 2. The molecular formula is C19H27N3O3S. The van der Waals surface area contributed by atoms with Gasteiger partial charge in [0.25, 0.3) is 0 Å². The number of carbonyl (C=O) groups excluding carboxylic acids is 2. The Hall–Kier alpha value is -1.73. The average Bonchev–Trinajstić information content (AvgIpc) is 2.95. The molecule has 2 amide bonds.